The van der Waals surface area contributed by atoms with Gasteiger partial charge in [-0.3, -0.25) is 0 Å². The lowest BCUT2D eigenvalue weighted by atomic mass is 10.1. The first-order valence-corrected chi connectivity index (χ1v) is 6.58. The number of hydrogen-bond donors (Lipinski definition) is 6. The number of nitrogens with zero attached hydrogens (tertiary/aromatic N) is 3. The number of hydrogen-bond acceptors (Lipinski definition) is 7. The Bertz CT molecular complexity index is 531. The van der Waals surface area contributed by atoms with Gasteiger partial charge in [-0.25, -0.2) is 9.78 Å². The third-order valence-electron chi connectivity index (χ3n) is 2.94. The SMILES string of the molecule is CCN(/N=C(/C)c1nc([C@@H](O)[C@H](O)[C@H](O)CO)c[nH]1)C(=O)O. The maximum absolute atomic E-state index is 10.9. The molecule has 0 fully saturated rings. The van der Waals surface area contributed by atoms with E-state index in [1.54, 1.807) is 6.92 Å². The maximum atomic E-state index is 10.9. The van der Waals surface area contributed by atoms with Crippen LogP contribution in [0.1, 0.15) is 31.5 Å². The third kappa shape index (κ3) is 4.24. The molecule has 3 atom stereocenters. The summed E-state index contributed by atoms with van der Waals surface area (Å²) in [7, 11) is 0. The van der Waals surface area contributed by atoms with Gasteiger partial charge in [0.05, 0.1) is 12.3 Å². The van der Waals surface area contributed by atoms with E-state index in [1.165, 1.54) is 13.1 Å². The summed E-state index contributed by atoms with van der Waals surface area (Å²) in [5.41, 5.74) is 0.294. The van der Waals surface area contributed by atoms with Crippen molar-refractivity contribution in [3.05, 3.63) is 17.7 Å². The van der Waals surface area contributed by atoms with Gasteiger partial charge in [0.25, 0.3) is 0 Å². The molecule has 0 saturated heterocycles. The van der Waals surface area contributed by atoms with Crippen LogP contribution in [0.25, 0.3) is 0 Å². The minimum atomic E-state index is -1.61. The van der Waals surface area contributed by atoms with Gasteiger partial charge in [-0.05, 0) is 13.8 Å². The molecule has 0 aromatic carbocycles. The number of aromatic amines is 1. The first-order valence-electron chi connectivity index (χ1n) is 6.58. The quantitative estimate of drug-likeness (QED) is 0.274. The second-order valence-electron chi connectivity index (χ2n) is 4.54. The molecule has 0 radical (unpaired) electrons. The van der Waals surface area contributed by atoms with Gasteiger partial charge in [0, 0.05) is 12.7 Å². The van der Waals surface area contributed by atoms with E-state index in [0.717, 1.165) is 5.01 Å². The van der Waals surface area contributed by atoms with Gasteiger partial charge in [-0.1, -0.05) is 0 Å². The molecule has 6 N–H and O–H groups in total. The predicted octanol–water partition coefficient (Wildman–Crippen LogP) is -1.12. The topological polar surface area (TPSA) is 162 Å². The van der Waals surface area contributed by atoms with Gasteiger partial charge in [0.15, 0.2) is 5.82 Å². The van der Waals surface area contributed by atoms with Crippen LogP contribution in [0.5, 0.6) is 0 Å². The van der Waals surface area contributed by atoms with Gasteiger partial charge in [0.2, 0.25) is 0 Å². The molecule has 0 aliphatic rings. The number of nitrogens with one attached hydrogen (secondary N) is 1. The highest BCUT2D eigenvalue weighted by atomic mass is 16.4. The molecule has 124 valence electrons. The molecule has 1 rings (SSSR count). The van der Waals surface area contributed by atoms with E-state index >= 15 is 0 Å². The maximum Gasteiger partial charge on any atom is 0.427 e. The minimum absolute atomic E-state index is 0.0305. The first kappa shape index (κ1) is 18.0. The standard InChI is InChI=1S/C12H20N4O6/c1-3-16(12(21)22)15-6(2)11-13-4-7(14-11)9(19)10(20)8(18)5-17/h4,8-10,17-20H,3,5H2,1-2H3,(H,13,14)(H,21,22)/b15-6-/t8-,9-,10-/m1/s1. The molecule has 1 aromatic heterocycles. The summed E-state index contributed by atoms with van der Waals surface area (Å²) < 4.78 is 0. The molecule has 22 heavy (non-hydrogen) atoms. The van der Waals surface area contributed by atoms with Crippen LogP contribution in [0, 0.1) is 0 Å². The van der Waals surface area contributed by atoms with Crippen LogP contribution >= 0.6 is 0 Å². The van der Waals surface area contributed by atoms with Crippen molar-refractivity contribution < 1.29 is 30.3 Å². The Morgan fingerprint density at radius 3 is 2.59 bits per heavy atom. The van der Waals surface area contributed by atoms with Crippen molar-refractivity contribution in [3.63, 3.8) is 0 Å². The van der Waals surface area contributed by atoms with Crippen LogP contribution in [0.4, 0.5) is 4.79 Å². The molecule has 0 spiro atoms. The van der Waals surface area contributed by atoms with Crippen molar-refractivity contribution in [2.45, 2.75) is 32.2 Å². The summed E-state index contributed by atoms with van der Waals surface area (Å²) in [6.07, 6.45) is -4.54. The summed E-state index contributed by atoms with van der Waals surface area (Å²) in [5.74, 6) is 0.208. The minimum Gasteiger partial charge on any atom is -0.464 e. The number of aliphatic hydroxyl groups is 4. The van der Waals surface area contributed by atoms with Crippen molar-refractivity contribution in [1.82, 2.24) is 15.0 Å². The van der Waals surface area contributed by atoms with Crippen LogP contribution < -0.4 is 0 Å². The number of aliphatic hydroxyl groups excluding tert-OH is 4. The van der Waals surface area contributed by atoms with E-state index in [4.69, 9.17) is 10.2 Å². The Hall–Kier alpha value is -2.01. The summed E-state index contributed by atoms with van der Waals surface area (Å²) in [4.78, 5) is 17.5. The highest BCUT2D eigenvalue weighted by Crippen LogP contribution is 2.17. The number of carboxylic acid groups (broad SMARTS) is 1. The second-order valence-corrected chi connectivity index (χ2v) is 4.54. The summed E-state index contributed by atoms with van der Waals surface area (Å²) in [6, 6.07) is 0. The number of hydrazone groups is 1. The van der Waals surface area contributed by atoms with Crippen molar-refractivity contribution in [2.24, 2.45) is 5.10 Å². The van der Waals surface area contributed by atoms with E-state index in [1.807, 2.05) is 0 Å². The predicted molar refractivity (Wildman–Crippen MR) is 75.3 cm³/mol. The number of aromatic nitrogens is 2. The fourth-order valence-corrected chi connectivity index (χ4v) is 1.64. The molecule has 1 heterocycles. The van der Waals surface area contributed by atoms with Gasteiger partial charge < -0.3 is 30.5 Å². The molecular formula is C12H20N4O6. The summed E-state index contributed by atoms with van der Waals surface area (Å²) in [5, 5.41) is 51.1. The van der Waals surface area contributed by atoms with Crippen molar-refractivity contribution in [3.8, 4) is 0 Å². The van der Waals surface area contributed by atoms with Crippen molar-refractivity contribution >= 4 is 11.8 Å². The molecule has 1 aromatic rings. The summed E-state index contributed by atoms with van der Waals surface area (Å²) >= 11 is 0. The largest absolute Gasteiger partial charge is 0.464 e. The van der Waals surface area contributed by atoms with Crippen LogP contribution in [0.3, 0.4) is 0 Å². The van der Waals surface area contributed by atoms with E-state index in [9.17, 15) is 20.1 Å². The molecule has 0 aliphatic carbocycles. The van der Waals surface area contributed by atoms with Gasteiger partial charge in [-0.15, -0.1) is 0 Å². The smallest absolute Gasteiger partial charge is 0.427 e. The van der Waals surface area contributed by atoms with E-state index in [-0.39, 0.29) is 23.8 Å². The Morgan fingerprint density at radius 1 is 1.45 bits per heavy atom. The average molecular weight is 316 g/mol. The lowest BCUT2D eigenvalue weighted by Gasteiger charge is -2.19. The molecule has 0 saturated carbocycles. The van der Waals surface area contributed by atoms with Gasteiger partial charge >= 0.3 is 6.09 Å². The highest BCUT2D eigenvalue weighted by molar-refractivity contribution is 5.95. The number of carbonyl (C=O) groups is 1. The van der Waals surface area contributed by atoms with Crippen LogP contribution in [-0.4, -0.2) is 77.7 Å². The number of rotatable bonds is 7. The molecule has 10 nitrogen and oxygen atoms in total. The first-order chi connectivity index (χ1) is 10.3. The highest BCUT2D eigenvalue weighted by Gasteiger charge is 2.27. The third-order valence-corrected chi connectivity index (χ3v) is 2.94. The monoisotopic (exact) mass is 316 g/mol. The Balaban J connectivity index is 2.91. The fraction of sp³-hybridized carbons (Fsp3) is 0.583. The van der Waals surface area contributed by atoms with Crippen molar-refractivity contribution in [1.29, 1.82) is 0 Å². The zero-order valence-corrected chi connectivity index (χ0v) is 12.2. The lowest BCUT2D eigenvalue weighted by molar-refractivity contribution is -0.0788. The van der Waals surface area contributed by atoms with Crippen LogP contribution in [0.15, 0.2) is 11.3 Å². The second kappa shape index (κ2) is 7.84. The normalized spacial score (nSPS) is 16.2. The number of H-pyrrole nitrogens is 1. The van der Waals surface area contributed by atoms with Crippen LogP contribution in [-0.2, 0) is 0 Å². The van der Waals surface area contributed by atoms with Crippen molar-refractivity contribution in [2.75, 3.05) is 13.2 Å². The Morgan fingerprint density at radius 2 is 2.09 bits per heavy atom. The number of imidazole rings is 1. The van der Waals surface area contributed by atoms with Crippen LogP contribution in [0.2, 0.25) is 0 Å². The van der Waals surface area contributed by atoms with Gasteiger partial charge in [0.1, 0.15) is 24.0 Å². The zero-order valence-electron chi connectivity index (χ0n) is 12.2. The molecule has 0 aliphatic heterocycles. The van der Waals surface area contributed by atoms with E-state index in [2.05, 4.69) is 15.1 Å². The van der Waals surface area contributed by atoms with E-state index < -0.39 is 31.0 Å². The zero-order chi connectivity index (χ0) is 16.9. The number of amides is 1. The fourth-order valence-electron chi connectivity index (χ4n) is 1.64. The molecule has 0 bridgehead atoms. The Labute approximate surface area is 126 Å². The molecule has 10 heteroatoms. The molecule has 1 amide bonds. The molecular weight excluding hydrogens is 296 g/mol. The van der Waals surface area contributed by atoms with E-state index in [0.29, 0.717) is 0 Å². The molecule has 0 unspecified atom stereocenters. The average Bonchev–Trinajstić information content (AvgIpc) is 2.99. The Kier molecular flexibility index (Phi) is 6.43. The summed E-state index contributed by atoms with van der Waals surface area (Å²) in [6.45, 7) is 2.60. The lowest BCUT2D eigenvalue weighted by Crippen LogP contribution is -2.34. The van der Waals surface area contributed by atoms with Gasteiger partial charge in [-0.2, -0.15) is 10.1 Å².